The Morgan fingerprint density at radius 3 is 1.68 bits per heavy atom. The van der Waals surface area contributed by atoms with Gasteiger partial charge in [-0.15, -0.1) is 22.7 Å². The van der Waals surface area contributed by atoms with Crippen LogP contribution >= 0.6 is 22.7 Å². The summed E-state index contributed by atoms with van der Waals surface area (Å²) >= 11 is 3.64. The van der Waals surface area contributed by atoms with Gasteiger partial charge in [-0.05, 0) is 116 Å². The van der Waals surface area contributed by atoms with Crippen LogP contribution in [-0.4, -0.2) is 13.2 Å². The smallest absolute Gasteiger partial charge is 0.181 e. The number of nitrogens with zero attached hydrogens (tertiary/aromatic N) is 1. The topological polar surface area (TPSA) is 21.7 Å². The molecule has 0 spiro atoms. The summed E-state index contributed by atoms with van der Waals surface area (Å²) in [7, 11) is 0. The third-order valence-corrected chi connectivity index (χ3v) is 15.0. The number of rotatable bonds is 10. The van der Waals surface area contributed by atoms with Gasteiger partial charge in [-0.25, -0.2) is 0 Å². The number of thiophene rings is 2. The van der Waals surface area contributed by atoms with E-state index in [4.69, 9.17) is 9.47 Å². The van der Waals surface area contributed by atoms with E-state index in [0.717, 1.165) is 45.4 Å². The fourth-order valence-electron chi connectivity index (χ4n) is 9.64. The second kappa shape index (κ2) is 14.1. The van der Waals surface area contributed by atoms with Crippen molar-refractivity contribution in [2.75, 3.05) is 18.1 Å². The predicted molar refractivity (Wildman–Crippen MR) is 242 cm³/mol. The molecule has 0 amide bonds. The molecule has 2 aliphatic carbocycles. The highest BCUT2D eigenvalue weighted by molar-refractivity contribution is 7.24. The fourth-order valence-corrected chi connectivity index (χ4v) is 12.0. The maximum atomic E-state index is 6.41. The molecule has 3 aliphatic rings. The Bertz CT molecular complexity index is 2530. The van der Waals surface area contributed by atoms with Crippen LogP contribution in [0.4, 0.5) is 17.1 Å². The lowest BCUT2D eigenvalue weighted by molar-refractivity contribution is 0.175. The number of anilines is 3. The van der Waals surface area contributed by atoms with Gasteiger partial charge in [-0.3, -0.25) is 0 Å². The highest BCUT2D eigenvalue weighted by Crippen LogP contribution is 2.56. The Morgan fingerprint density at radius 2 is 1.09 bits per heavy atom. The minimum atomic E-state index is -0.102. The van der Waals surface area contributed by atoms with Crippen LogP contribution in [0.2, 0.25) is 0 Å². The van der Waals surface area contributed by atoms with Crippen molar-refractivity contribution in [2.24, 2.45) is 0 Å². The number of hydrogen-bond acceptors (Lipinski definition) is 5. The zero-order valence-electron chi connectivity index (χ0n) is 33.6. The van der Waals surface area contributed by atoms with Crippen LogP contribution in [-0.2, 0) is 17.3 Å². The van der Waals surface area contributed by atoms with Crippen molar-refractivity contribution in [1.29, 1.82) is 0 Å². The predicted octanol–water partition coefficient (Wildman–Crippen LogP) is 15.1. The van der Waals surface area contributed by atoms with Crippen molar-refractivity contribution in [3.63, 3.8) is 0 Å². The lowest BCUT2D eigenvalue weighted by Crippen LogP contribution is -2.18. The van der Waals surface area contributed by atoms with Gasteiger partial charge in [-0.1, -0.05) is 127 Å². The van der Waals surface area contributed by atoms with Gasteiger partial charge >= 0.3 is 0 Å². The van der Waals surface area contributed by atoms with Gasteiger partial charge in [0, 0.05) is 27.9 Å². The minimum absolute atomic E-state index is 0.102. The third-order valence-electron chi connectivity index (χ3n) is 12.7. The summed E-state index contributed by atoms with van der Waals surface area (Å²) in [6.45, 7) is 12.9. The van der Waals surface area contributed by atoms with Crippen LogP contribution in [0.3, 0.4) is 0 Å². The van der Waals surface area contributed by atoms with Gasteiger partial charge in [-0.2, -0.15) is 0 Å². The Labute approximate surface area is 345 Å². The number of benzene rings is 5. The maximum absolute atomic E-state index is 6.41. The van der Waals surface area contributed by atoms with Crippen LogP contribution in [0, 0.1) is 0 Å². The molecule has 286 valence electrons. The highest BCUT2D eigenvalue weighted by atomic mass is 32.1. The van der Waals surface area contributed by atoms with Crippen LogP contribution in [0.15, 0.2) is 121 Å². The first kappa shape index (κ1) is 36.3. The molecule has 5 heteroatoms. The summed E-state index contributed by atoms with van der Waals surface area (Å²) in [5.41, 5.74) is 16.7. The Balaban J connectivity index is 1.07. The molecule has 5 aromatic carbocycles. The summed E-state index contributed by atoms with van der Waals surface area (Å²) in [4.78, 5) is 6.12. The van der Waals surface area contributed by atoms with Gasteiger partial charge in [0.2, 0.25) is 0 Å². The van der Waals surface area contributed by atoms with E-state index in [-0.39, 0.29) is 10.8 Å². The molecule has 0 N–H and O–H groups in total. The SMILES string of the molecule is CCCCCCc1ccsc1-c1sc(-c2ccc(N(c3ccc4c(c3)C(C)(C)c3ccccc3-4)c3ccc4c(c3)C(C)(C)c3ccccc3-4)cc2)c2c1OCCO2. The Hall–Kier alpha value is -5.10. The molecule has 1 aliphatic heterocycles. The van der Waals surface area contributed by atoms with Gasteiger partial charge in [0.15, 0.2) is 11.5 Å². The fraction of sp³-hybridized carbons (Fsp3) is 0.269. The number of fused-ring (bicyclic) bond motifs is 7. The molecule has 0 saturated carbocycles. The van der Waals surface area contributed by atoms with Gasteiger partial charge in [0.1, 0.15) is 13.2 Å². The lowest BCUT2D eigenvalue weighted by atomic mass is 9.82. The van der Waals surface area contributed by atoms with Gasteiger partial charge in [0.25, 0.3) is 0 Å². The van der Waals surface area contributed by atoms with E-state index >= 15 is 0 Å². The van der Waals surface area contributed by atoms with Crippen molar-refractivity contribution in [3.05, 3.63) is 148 Å². The molecule has 10 rings (SSSR count). The Morgan fingerprint density at radius 1 is 0.544 bits per heavy atom. The molecule has 0 saturated heterocycles. The third kappa shape index (κ3) is 5.88. The molecule has 0 atom stereocenters. The monoisotopic (exact) mass is 783 g/mol. The summed E-state index contributed by atoms with van der Waals surface area (Å²) in [6, 6.07) is 43.4. The maximum Gasteiger partial charge on any atom is 0.181 e. The highest BCUT2D eigenvalue weighted by Gasteiger charge is 2.38. The first-order valence-corrected chi connectivity index (χ1v) is 22.3. The summed E-state index contributed by atoms with van der Waals surface area (Å²) < 4.78 is 12.8. The largest absolute Gasteiger partial charge is 0.485 e. The zero-order valence-corrected chi connectivity index (χ0v) is 35.2. The zero-order chi connectivity index (χ0) is 38.9. The summed E-state index contributed by atoms with van der Waals surface area (Å²) in [6.07, 6.45) is 6.14. The van der Waals surface area contributed by atoms with E-state index in [1.807, 2.05) is 22.7 Å². The molecule has 0 fully saturated rings. The number of ether oxygens (including phenoxy) is 2. The van der Waals surface area contributed by atoms with E-state index < -0.39 is 0 Å². The van der Waals surface area contributed by atoms with Crippen molar-refractivity contribution in [1.82, 2.24) is 0 Å². The molecule has 0 radical (unpaired) electrons. The second-order valence-electron chi connectivity index (χ2n) is 16.9. The normalized spacial score (nSPS) is 15.2. The van der Waals surface area contributed by atoms with E-state index in [9.17, 15) is 0 Å². The number of hydrogen-bond donors (Lipinski definition) is 0. The average Bonchev–Trinajstić information content (AvgIpc) is 3.97. The molecule has 7 aromatic rings. The molecular weight excluding hydrogens is 735 g/mol. The van der Waals surface area contributed by atoms with E-state index in [1.165, 1.54) is 85.5 Å². The number of aryl methyl sites for hydroxylation is 1. The molecule has 3 nitrogen and oxygen atoms in total. The molecule has 0 bridgehead atoms. The lowest BCUT2D eigenvalue weighted by Gasteiger charge is -2.30. The molecule has 2 aromatic heterocycles. The average molecular weight is 784 g/mol. The summed E-state index contributed by atoms with van der Waals surface area (Å²) in [5, 5.41) is 2.24. The van der Waals surface area contributed by atoms with E-state index in [0.29, 0.717) is 13.2 Å². The quantitative estimate of drug-likeness (QED) is 0.129. The standard InChI is InChI=1S/C52H49NO2S2/c1-6-7-8-9-14-33-27-30-56-49(33)50-47-46(54-28-29-55-47)48(57-50)34-19-21-35(22-20-34)53(36-23-25-40-38-15-10-12-17-42(38)51(2,3)44(40)31-36)37-24-26-41-39-16-11-13-18-43(39)52(4,5)45(41)32-37/h10-13,15-27,30-32H,6-9,14,28-29H2,1-5H3. The van der Waals surface area contributed by atoms with E-state index in [1.54, 1.807) is 0 Å². The van der Waals surface area contributed by atoms with E-state index in [2.05, 4.69) is 160 Å². The number of unbranched alkanes of at least 4 members (excludes halogenated alkanes) is 3. The van der Waals surface area contributed by atoms with Crippen LogP contribution in [0.25, 0.3) is 42.4 Å². The van der Waals surface area contributed by atoms with Crippen LogP contribution in [0.1, 0.15) is 88.1 Å². The van der Waals surface area contributed by atoms with Crippen LogP contribution < -0.4 is 14.4 Å². The molecule has 0 unspecified atom stereocenters. The van der Waals surface area contributed by atoms with Crippen molar-refractivity contribution < 1.29 is 9.47 Å². The first-order valence-electron chi connectivity index (χ1n) is 20.6. The summed E-state index contributed by atoms with van der Waals surface area (Å²) in [5.74, 6) is 1.80. The van der Waals surface area contributed by atoms with Crippen LogP contribution in [0.5, 0.6) is 11.5 Å². The first-order chi connectivity index (χ1) is 27.8. The van der Waals surface area contributed by atoms with Crippen molar-refractivity contribution in [3.8, 4) is 53.9 Å². The van der Waals surface area contributed by atoms with Gasteiger partial charge in [0.05, 0.1) is 14.6 Å². The van der Waals surface area contributed by atoms with Gasteiger partial charge < -0.3 is 14.4 Å². The van der Waals surface area contributed by atoms with Crippen molar-refractivity contribution in [2.45, 2.75) is 77.6 Å². The molecule has 3 heterocycles. The second-order valence-corrected chi connectivity index (χ2v) is 18.8. The Kier molecular flexibility index (Phi) is 8.95. The van der Waals surface area contributed by atoms with Crippen molar-refractivity contribution >= 4 is 39.7 Å². The molecular formula is C52H49NO2S2. The molecule has 57 heavy (non-hydrogen) atoms. The minimum Gasteiger partial charge on any atom is -0.485 e.